The number of benzene rings is 1. The van der Waals surface area contributed by atoms with Crippen LogP contribution in [0.5, 0.6) is 5.75 Å². The molecule has 1 N–H and O–H groups in total. The molecule has 6 heteroatoms. The first kappa shape index (κ1) is 14.5. The summed E-state index contributed by atoms with van der Waals surface area (Å²) in [4.78, 5) is 2.11. The second-order valence-corrected chi connectivity index (χ2v) is 4.86. The Morgan fingerprint density at radius 3 is 2.84 bits per heavy atom. The van der Waals surface area contributed by atoms with Gasteiger partial charge in [-0.1, -0.05) is 11.6 Å². The van der Waals surface area contributed by atoms with Gasteiger partial charge in [-0.25, -0.2) is 4.39 Å². The Kier molecular flexibility index (Phi) is 5.39. The zero-order valence-electron chi connectivity index (χ0n) is 10.5. The zero-order chi connectivity index (χ0) is 13.7. The van der Waals surface area contributed by atoms with Gasteiger partial charge in [0.25, 0.3) is 0 Å². The number of aliphatic hydroxyl groups is 1. The van der Waals surface area contributed by atoms with Crippen molar-refractivity contribution in [3.8, 4) is 5.75 Å². The normalized spacial score (nSPS) is 18.3. The zero-order valence-corrected chi connectivity index (χ0v) is 11.3. The number of aliphatic hydroxyl groups excluding tert-OH is 1. The second kappa shape index (κ2) is 7.05. The van der Waals surface area contributed by atoms with E-state index in [2.05, 4.69) is 4.90 Å². The lowest BCUT2D eigenvalue weighted by Crippen LogP contribution is -2.42. The molecule has 1 saturated heterocycles. The SMILES string of the molecule is OC(COc1ccc(F)cc1Cl)CN1CCOCC1. The van der Waals surface area contributed by atoms with E-state index in [1.807, 2.05) is 0 Å². The van der Waals surface area contributed by atoms with Crippen LogP contribution >= 0.6 is 11.6 Å². The van der Waals surface area contributed by atoms with Crippen molar-refractivity contribution in [2.24, 2.45) is 0 Å². The van der Waals surface area contributed by atoms with E-state index in [4.69, 9.17) is 21.1 Å². The van der Waals surface area contributed by atoms with Crippen LogP contribution in [0.25, 0.3) is 0 Å². The number of hydrogen-bond donors (Lipinski definition) is 1. The van der Waals surface area contributed by atoms with Gasteiger partial charge in [0.2, 0.25) is 0 Å². The number of hydrogen-bond acceptors (Lipinski definition) is 4. The van der Waals surface area contributed by atoms with Gasteiger partial charge in [0.05, 0.1) is 18.2 Å². The van der Waals surface area contributed by atoms with Crippen LogP contribution in [-0.2, 0) is 4.74 Å². The van der Waals surface area contributed by atoms with Crippen LogP contribution in [-0.4, -0.2) is 55.6 Å². The fraction of sp³-hybridized carbons (Fsp3) is 0.538. The summed E-state index contributed by atoms with van der Waals surface area (Å²) >= 11 is 5.83. The maximum atomic E-state index is 12.8. The molecule has 0 spiro atoms. The van der Waals surface area contributed by atoms with Crippen molar-refractivity contribution in [3.05, 3.63) is 29.0 Å². The van der Waals surface area contributed by atoms with E-state index >= 15 is 0 Å². The van der Waals surface area contributed by atoms with E-state index in [-0.39, 0.29) is 11.6 Å². The number of ether oxygens (including phenoxy) is 2. The Balaban J connectivity index is 1.77. The molecule has 1 aromatic carbocycles. The molecule has 1 aliphatic heterocycles. The van der Waals surface area contributed by atoms with Crippen molar-refractivity contribution < 1.29 is 19.0 Å². The molecular weight excluding hydrogens is 273 g/mol. The number of nitrogens with zero attached hydrogens (tertiary/aromatic N) is 1. The fourth-order valence-corrected chi connectivity index (χ4v) is 2.13. The quantitative estimate of drug-likeness (QED) is 0.893. The number of rotatable bonds is 5. The minimum Gasteiger partial charge on any atom is -0.489 e. The van der Waals surface area contributed by atoms with Gasteiger partial charge >= 0.3 is 0 Å². The minimum atomic E-state index is -0.612. The number of β-amino-alcohol motifs (C(OH)–C–C–N with tert-alkyl or cyclic N) is 1. The van der Waals surface area contributed by atoms with Gasteiger partial charge in [-0.2, -0.15) is 0 Å². The van der Waals surface area contributed by atoms with E-state index < -0.39 is 11.9 Å². The lowest BCUT2D eigenvalue weighted by molar-refractivity contribution is 0.00466. The van der Waals surface area contributed by atoms with Gasteiger partial charge in [0, 0.05) is 19.6 Å². The van der Waals surface area contributed by atoms with Crippen molar-refractivity contribution >= 4 is 11.6 Å². The highest BCUT2D eigenvalue weighted by Gasteiger charge is 2.15. The maximum Gasteiger partial charge on any atom is 0.138 e. The predicted octanol–water partition coefficient (Wildman–Crippen LogP) is 1.55. The average molecular weight is 290 g/mol. The van der Waals surface area contributed by atoms with Gasteiger partial charge in [-0.3, -0.25) is 4.90 Å². The molecule has 0 aromatic heterocycles. The highest BCUT2D eigenvalue weighted by atomic mass is 35.5. The second-order valence-electron chi connectivity index (χ2n) is 4.45. The Morgan fingerprint density at radius 2 is 2.16 bits per heavy atom. The summed E-state index contributed by atoms with van der Waals surface area (Å²) in [5.41, 5.74) is 0. The summed E-state index contributed by atoms with van der Waals surface area (Å²) in [6.07, 6.45) is -0.612. The third-order valence-electron chi connectivity index (χ3n) is 2.90. The van der Waals surface area contributed by atoms with Crippen LogP contribution in [0.15, 0.2) is 18.2 Å². The van der Waals surface area contributed by atoms with E-state index in [1.165, 1.54) is 18.2 Å². The third-order valence-corrected chi connectivity index (χ3v) is 3.19. The summed E-state index contributed by atoms with van der Waals surface area (Å²) in [7, 11) is 0. The molecule has 19 heavy (non-hydrogen) atoms. The Morgan fingerprint density at radius 1 is 1.42 bits per heavy atom. The van der Waals surface area contributed by atoms with Gasteiger partial charge in [0.1, 0.15) is 24.3 Å². The van der Waals surface area contributed by atoms with E-state index in [0.717, 1.165) is 13.1 Å². The topological polar surface area (TPSA) is 41.9 Å². The van der Waals surface area contributed by atoms with Gasteiger partial charge in [-0.15, -0.1) is 0 Å². The van der Waals surface area contributed by atoms with Crippen LogP contribution < -0.4 is 4.74 Å². The first-order valence-electron chi connectivity index (χ1n) is 6.21. The van der Waals surface area contributed by atoms with Crippen LogP contribution in [0.2, 0.25) is 5.02 Å². The van der Waals surface area contributed by atoms with E-state index in [0.29, 0.717) is 25.5 Å². The summed E-state index contributed by atoms with van der Waals surface area (Å²) in [5.74, 6) is -0.0321. The predicted molar refractivity (Wildman–Crippen MR) is 70.2 cm³/mol. The van der Waals surface area contributed by atoms with E-state index in [9.17, 15) is 9.50 Å². The molecule has 2 rings (SSSR count). The smallest absolute Gasteiger partial charge is 0.138 e. The maximum absolute atomic E-state index is 12.8. The van der Waals surface area contributed by atoms with Gasteiger partial charge < -0.3 is 14.6 Å². The standard InChI is InChI=1S/C13H17ClFNO3/c14-12-7-10(15)1-2-13(12)19-9-11(17)8-16-3-5-18-6-4-16/h1-2,7,11,17H,3-6,8-9H2. The summed E-state index contributed by atoms with van der Waals surface area (Å²) in [6.45, 7) is 3.67. The molecule has 1 aliphatic rings. The molecule has 0 radical (unpaired) electrons. The van der Waals surface area contributed by atoms with Crippen LogP contribution in [0.1, 0.15) is 0 Å². The van der Waals surface area contributed by atoms with Crippen molar-refractivity contribution in [1.29, 1.82) is 0 Å². The van der Waals surface area contributed by atoms with E-state index in [1.54, 1.807) is 0 Å². The lowest BCUT2D eigenvalue weighted by Gasteiger charge is -2.28. The Bertz CT molecular complexity index is 413. The summed E-state index contributed by atoms with van der Waals surface area (Å²) < 4.78 is 23.5. The first-order chi connectivity index (χ1) is 9.15. The molecule has 0 bridgehead atoms. The van der Waals surface area contributed by atoms with Crippen LogP contribution in [0.4, 0.5) is 4.39 Å². The monoisotopic (exact) mass is 289 g/mol. The molecule has 1 aromatic rings. The van der Waals surface area contributed by atoms with Gasteiger partial charge in [-0.05, 0) is 18.2 Å². The Hall–Kier alpha value is -0.880. The van der Waals surface area contributed by atoms with Crippen molar-refractivity contribution in [2.45, 2.75) is 6.10 Å². The summed E-state index contributed by atoms with van der Waals surface area (Å²) in [6, 6.07) is 3.92. The molecule has 4 nitrogen and oxygen atoms in total. The number of morpholine rings is 1. The van der Waals surface area contributed by atoms with Crippen molar-refractivity contribution in [3.63, 3.8) is 0 Å². The van der Waals surface area contributed by atoms with Crippen LogP contribution in [0.3, 0.4) is 0 Å². The van der Waals surface area contributed by atoms with Gasteiger partial charge in [0.15, 0.2) is 0 Å². The highest BCUT2D eigenvalue weighted by molar-refractivity contribution is 6.32. The summed E-state index contributed by atoms with van der Waals surface area (Å²) in [5, 5.41) is 10.1. The first-order valence-corrected chi connectivity index (χ1v) is 6.59. The fourth-order valence-electron chi connectivity index (χ4n) is 1.91. The molecule has 106 valence electrons. The minimum absolute atomic E-state index is 0.128. The molecule has 0 saturated carbocycles. The molecule has 1 unspecified atom stereocenters. The molecular formula is C13H17ClFNO3. The molecule has 1 fully saturated rings. The number of halogens is 2. The van der Waals surface area contributed by atoms with Crippen molar-refractivity contribution in [2.75, 3.05) is 39.5 Å². The molecule has 0 aliphatic carbocycles. The Labute approximate surface area is 116 Å². The average Bonchev–Trinajstić information content (AvgIpc) is 2.39. The highest BCUT2D eigenvalue weighted by Crippen LogP contribution is 2.24. The lowest BCUT2D eigenvalue weighted by atomic mass is 10.3. The largest absolute Gasteiger partial charge is 0.489 e. The molecule has 1 atom stereocenters. The third kappa shape index (κ3) is 4.62. The van der Waals surface area contributed by atoms with Crippen LogP contribution in [0, 0.1) is 5.82 Å². The molecule has 1 heterocycles. The van der Waals surface area contributed by atoms with Crippen molar-refractivity contribution in [1.82, 2.24) is 4.90 Å². The molecule has 0 amide bonds.